The molecular weight excluding hydrogens is 496 g/mol. The van der Waals surface area contributed by atoms with Crippen LogP contribution in [0.15, 0.2) is 86.7 Å². The summed E-state index contributed by atoms with van der Waals surface area (Å²) < 4.78 is 1.87. The van der Waals surface area contributed by atoms with Crippen LogP contribution < -0.4 is 11.3 Å². The summed E-state index contributed by atoms with van der Waals surface area (Å²) >= 11 is 7.20. The zero-order valence-electron chi connectivity index (χ0n) is 15.3. The van der Waals surface area contributed by atoms with E-state index in [4.69, 9.17) is 10.8 Å². The number of fused-ring (bicyclic) bond motifs is 1. The van der Waals surface area contributed by atoms with Crippen molar-refractivity contribution in [1.82, 2.24) is 10.3 Å². The van der Waals surface area contributed by atoms with E-state index in [9.17, 15) is 4.79 Å². The number of nitrogens with one attached hydrogen (secondary N) is 1. The third kappa shape index (κ3) is 3.99. The Morgan fingerprint density at radius 1 is 1.03 bits per heavy atom. The number of nitrogens with two attached hydrogens (primary N) is 1. The number of rotatable bonds is 4. The van der Waals surface area contributed by atoms with Crippen LogP contribution in [-0.4, -0.2) is 23.2 Å². The molecule has 5 nitrogen and oxygen atoms in total. The number of amidine groups is 1. The molecule has 0 saturated carbocycles. The summed E-state index contributed by atoms with van der Waals surface area (Å²) in [6.45, 7) is 0.0716. The second-order valence-electron chi connectivity index (χ2n) is 6.63. The maximum Gasteiger partial charge on any atom is 0.253 e. The van der Waals surface area contributed by atoms with Gasteiger partial charge in [-0.15, -0.1) is 0 Å². The lowest BCUT2D eigenvalue weighted by molar-refractivity contribution is -0.121. The lowest BCUT2D eigenvalue weighted by Crippen LogP contribution is -2.46. The van der Waals surface area contributed by atoms with E-state index in [2.05, 4.69) is 55.5 Å². The van der Waals surface area contributed by atoms with Gasteiger partial charge in [0.15, 0.2) is 0 Å². The molecular formula is C22H18Br2N4O. The first-order valence-electron chi connectivity index (χ1n) is 9.02. The zero-order valence-corrected chi connectivity index (χ0v) is 18.5. The quantitative estimate of drug-likeness (QED) is 0.302. The fourth-order valence-corrected chi connectivity index (χ4v) is 4.37. The number of carbonyl (C=O) groups excluding carboxylic acids is 1. The number of hydrogen-bond donors (Lipinski definition) is 2. The van der Waals surface area contributed by atoms with Gasteiger partial charge >= 0.3 is 0 Å². The van der Waals surface area contributed by atoms with E-state index in [1.54, 1.807) is 0 Å². The Kier molecular flexibility index (Phi) is 5.80. The number of halogens is 2. The van der Waals surface area contributed by atoms with Crippen molar-refractivity contribution in [2.45, 2.75) is 6.04 Å². The van der Waals surface area contributed by atoms with Crippen LogP contribution in [0.3, 0.4) is 0 Å². The van der Waals surface area contributed by atoms with Crippen molar-refractivity contribution in [3.05, 3.63) is 98.4 Å². The minimum atomic E-state index is -0.288. The first kappa shape index (κ1) is 19.8. The van der Waals surface area contributed by atoms with Crippen LogP contribution >= 0.6 is 31.9 Å². The number of aliphatic imine (C=N–C) groups is 1. The van der Waals surface area contributed by atoms with Gasteiger partial charge in [-0.05, 0) is 29.8 Å². The fourth-order valence-electron chi connectivity index (χ4n) is 3.53. The van der Waals surface area contributed by atoms with Crippen molar-refractivity contribution in [3.8, 4) is 0 Å². The molecule has 0 saturated heterocycles. The topological polar surface area (TPSA) is 70.7 Å². The third-order valence-corrected chi connectivity index (χ3v) is 5.98. The largest absolute Gasteiger partial charge is 0.335 e. The Hall–Kier alpha value is -2.48. The second-order valence-corrected chi connectivity index (χ2v) is 8.40. The molecule has 1 amide bonds. The first-order chi connectivity index (χ1) is 14.1. The number of hydrogen-bond acceptors (Lipinski definition) is 4. The molecule has 7 heteroatoms. The molecule has 3 aromatic rings. The van der Waals surface area contributed by atoms with Gasteiger partial charge in [-0.2, -0.15) is 0 Å². The van der Waals surface area contributed by atoms with Crippen molar-refractivity contribution in [2.24, 2.45) is 10.8 Å². The van der Waals surface area contributed by atoms with Crippen LogP contribution in [0.1, 0.15) is 22.7 Å². The second kappa shape index (κ2) is 8.49. The van der Waals surface area contributed by atoms with E-state index in [1.165, 1.54) is 0 Å². The molecule has 146 valence electrons. The average Bonchev–Trinajstić information content (AvgIpc) is 2.74. The van der Waals surface area contributed by atoms with Gasteiger partial charge < -0.3 is 4.90 Å². The summed E-state index contributed by atoms with van der Waals surface area (Å²) in [6, 6.07) is 23.8. The van der Waals surface area contributed by atoms with Gasteiger partial charge in [0.1, 0.15) is 12.4 Å². The van der Waals surface area contributed by atoms with Crippen molar-refractivity contribution in [2.75, 3.05) is 6.54 Å². The van der Waals surface area contributed by atoms with E-state index < -0.39 is 0 Å². The van der Waals surface area contributed by atoms with Gasteiger partial charge in [0, 0.05) is 20.1 Å². The summed E-state index contributed by atoms with van der Waals surface area (Å²) in [7, 11) is 0. The van der Waals surface area contributed by atoms with E-state index in [1.807, 2.05) is 59.5 Å². The molecule has 0 aromatic heterocycles. The molecule has 3 aromatic carbocycles. The maximum absolute atomic E-state index is 12.3. The molecule has 0 spiro atoms. The fraction of sp³-hybridized carbons (Fsp3) is 0.0909. The summed E-state index contributed by atoms with van der Waals surface area (Å²) in [5, 5.41) is 0. The summed E-state index contributed by atoms with van der Waals surface area (Å²) in [5.41, 5.74) is 6.12. The molecule has 4 rings (SSSR count). The predicted molar refractivity (Wildman–Crippen MR) is 122 cm³/mol. The Morgan fingerprint density at radius 3 is 2.48 bits per heavy atom. The highest BCUT2D eigenvalue weighted by Crippen LogP contribution is 2.42. The number of carbonyl (C=O) groups is 1. The molecule has 0 fully saturated rings. The molecule has 1 heterocycles. The SMILES string of the molecule is NNC(=O)CN1C(c2ccccc2Br)=Nc2ccc(Br)cc2[C@@H]1c1ccccc1. The summed E-state index contributed by atoms with van der Waals surface area (Å²) in [4.78, 5) is 19.3. The highest BCUT2D eigenvalue weighted by Gasteiger charge is 2.34. The smallest absolute Gasteiger partial charge is 0.253 e. The lowest BCUT2D eigenvalue weighted by atomic mass is 9.93. The Labute approximate surface area is 185 Å². The van der Waals surface area contributed by atoms with E-state index in [0.717, 1.165) is 31.3 Å². The highest BCUT2D eigenvalue weighted by molar-refractivity contribution is 9.10. The number of nitrogens with zero attached hydrogens (tertiary/aromatic N) is 2. The first-order valence-corrected chi connectivity index (χ1v) is 10.6. The molecule has 3 N–H and O–H groups in total. The monoisotopic (exact) mass is 512 g/mol. The predicted octanol–water partition coefficient (Wildman–Crippen LogP) is 4.68. The van der Waals surface area contributed by atoms with Crippen molar-refractivity contribution in [1.29, 1.82) is 0 Å². The molecule has 1 aliphatic rings. The van der Waals surface area contributed by atoms with Crippen LogP contribution in [0.25, 0.3) is 0 Å². The Bertz CT molecular complexity index is 1090. The van der Waals surface area contributed by atoms with Crippen LogP contribution in [0.5, 0.6) is 0 Å². The van der Waals surface area contributed by atoms with Crippen molar-refractivity contribution >= 4 is 49.3 Å². The summed E-state index contributed by atoms with van der Waals surface area (Å²) in [5.74, 6) is 5.85. The minimum absolute atomic E-state index is 0.0716. The molecule has 0 bridgehead atoms. The number of hydrazine groups is 1. The molecule has 0 aliphatic carbocycles. The average molecular weight is 514 g/mol. The third-order valence-electron chi connectivity index (χ3n) is 4.80. The lowest BCUT2D eigenvalue weighted by Gasteiger charge is -2.38. The van der Waals surface area contributed by atoms with Gasteiger partial charge in [-0.1, -0.05) is 80.4 Å². The summed E-state index contributed by atoms with van der Waals surface area (Å²) in [6.07, 6.45) is 0. The van der Waals surface area contributed by atoms with Crippen molar-refractivity contribution < 1.29 is 4.79 Å². The normalized spacial score (nSPS) is 15.5. The molecule has 1 aliphatic heterocycles. The van der Waals surface area contributed by atoms with E-state index in [-0.39, 0.29) is 18.5 Å². The van der Waals surface area contributed by atoms with Crippen LogP contribution in [0.2, 0.25) is 0 Å². The highest BCUT2D eigenvalue weighted by atomic mass is 79.9. The van der Waals surface area contributed by atoms with Crippen LogP contribution in [0, 0.1) is 0 Å². The standard InChI is InChI=1S/C22H18Br2N4O/c23-15-10-11-19-17(12-15)21(14-6-2-1-3-7-14)28(13-20(29)27-25)22(26-19)16-8-4-5-9-18(16)24/h1-12,21H,13,25H2,(H,27,29)/t21-/m0/s1. The van der Waals surface area contributed by atoms with Gasteiger partial charge in [-0.25, -0.2) is 10.8 Å². The number of amides is 1. The van der Waals surface area contributed by atoms with Gasteiger partial charge in [0.05, 0.1) is 11.7 Å². The molecule has 1 atom stereocenters. The van der Waals surface area contributed by atoms with E-state index >= 15 is 0 Å². The van der Waals surface area contributed by atoms with Gasteiger partial charge in [-0.3, -0.25) is 10.2 Å². The van der Waals surface area contributed by atoms with Crippen LogP contribution in [0.4, 0.5) is 5.69 Å². The van der Waals surface area contributed by atoms with Gasteiger partial charge in [0.2, 0.25) is 0 Å². The van der Waals surface area contributed by atoms with Gasteiger partial charge in [0.25, 0.3) is 5.91 Å². The number of benzene rings is 3. The minimum Gasteiger partial charge on any atom is -0.335 e. The Morgan fingerprint density at radius 2 is 1.76 bits per heavy atom. The Balaban J connectivity index is 1.97. The maximum atomic E-state index is 12.3. The molecule has 0 unspecified atom stereocenters. The molecule has 29 heavy (non-hydrogen) atoms. The molecule has 0 radical (unpaired) electrons. The van der Waals surface area contributed by atoms with Crippen molar-refractivity contribution in [3.63, 3.8) is 0 Å². The zero-order chi connectivity index (χ0) is 20.4. The van der Waals surface area contributed by atoms with E-state index in [0.29, 0.717) is 5.84 Å². The van der Waals surface area contributed by atoms with Crippen LogP contribution in [-0.2, 0) is 4.79 Å².